The molecule has 0 spiro atoms. The average Bonchev–Trinajstić information content (AvgIpc) is 2.28. The fourth-order valence-corrected chi connectivity index (χ4v) is 1.56. The van der Waals surface area contributed by atoms with Crippen LogP contribution in [-0.2, 0) is 6.54 Å². The second-order valence-corrected chi connectivity index (χ2v) is 3.80. The Balaban J connectivity index is 2.73. The average molecular weight is 224 g/mol. The van der Waals surface area contributed by atoms with Gasteiger partial charge in [0.1, 0.15) is 0 Å². The fourth-order valence-electron chi connectivity index (χ4n) is 1.26. The van der Waals surface area contributed by atoms with Gasteiger partial charge in [0, 0.05) is 31.5 Å². The minimum absolute atomic E-state index is 0.0209. The molecule has 0 heterocycles. The van der Waals surface area contributed by atoms with Crippen LogP contribution in [0.1, 0.15) is 15.9 Å². The summed E-state index contributed by atoms with van der Waals surface area (Å²) in [4.78, 5) is 13.5. The van der Waals surface area contributed by atoms with Gasteiger partial charge in [-0.1, -0.05) is 12.1 Å². The third-order valence-corrected chi connectivity index (χ3v) is 2.42. The van der Waals surface area contributed by atoms with Crippen molar-refractivity contribution in [2.45, 2.75) is 6.54 Å². The molecule has 15 heavy (non-hydrogen) atoms. The first-order valence-corrected chi connectivity index (χ1v) is 5.47. The van der Waals surface area contributed by atoms with Crippen LogP contribution in [0.25, 0.3) is 0 Å². The topological polar surface area (TPSA) is 46.3 Å². The Morgan fingerprint density at radius 2 is 2.00 bits per heavy atom. The molecular formula is C11H16N2OS. The highest BCUT2D eigenvalue weighted by Gasteiger charge is 2.09. The van der Waals surface area contributed by atoms with Gasteiger partial charge in [0.25, 0.3) is 5.91 Å². The minimum atomic E-state index is 0.0209. The van der Waals surface area contributed by atoms with Gasteiger partial charge in [0.05, 0.1) is 0 Å². The van der Waals surface area contributed by atoms with Crippen molar-refractivity contribution in [2.75, 3.05) is 19.3 Å². The number of rotatable bonds is 4. The molecule has 0 unspecified atom stereocenters. The van der Waals surface area contributed by atoms with Crippen LogP contribution in [-0.4, -0.2) is 30.2 Å². The highest BCUT2D eigenvalue weighted by Crippen LogP contribution is 2.06. The summed E-state index contributed by atoms with van der Waals surface area (Å²) in [5, 5.41) is 0. The number of nitrogens with two attached hydrogens (primary N) is 1. The summed E-state index contributed by atoms with van der Waals surface area (Å²) < 4.78 is 0. The number of benzene rings is 1. The van der Waals surface area contributed by atoms with E-state index in [1.807, 2.05) is 12.1 Å². The lowest BCUT2D eigenvalue weighted by molar-refractivity contribution is 0.0804. The van der Waals surface area contributed by atoms with Crippen molar-refractivity contribution in [1.82, 2.24) is 4.90 Å². The molecule has 0 aromatic heterocycles. The first-order chi connectivity index (χ1) is 7.19. The Kier molecular flexibility index (Phi) is 4.65. The molecule has 1 aromatic carbocycles. The van der Waals surface area contributed by atoms with Gasteiger partial charge >= 0.3 is 0 Å². The number of nitrogens with zero attached hydrogens (tertiary/aromatic N) is 1. The zero-order valence-corrected chi connectivity index (χ0v) is 9.71. The third kappa shape index (κ3) is 3.25. The van der Waals surface area contributed by atoms with E-state index in [1.54, 1.807) is 24.1 Å². The largest absolute Gasteiger partial charge is 0.341 e. The van der Waals surface area contributed by atoms with Crippen LogP contribution < -0.4 is 5.73 Å². The van der Waals surface area contributed by atoms with Gasteiger partial charge in [0.2, 0.25) is 0 Å². The quantitative estimate of drug-likeness (QED) is 0.754. The van der Waals surface area contributed by atoms with E-state index in [4.69, 9.17) is 5.73 Å². The second kappa shape index (κ2) is 5.78. The summed E-state index contributed by atoms with van der Waals surface area (Å²) >= 11 is 4.09. The predicted octanol–water partition coefficient (Wildman–Crippen LogP) is 1.15. The van der Waals surface area contributed by atoms with E-state index >= 15 is 0 Å². The molecule has 82 valence electrons. The molecule has 1 aromatic rings. The lowest BCUT2D eigenvalue weighted by Gasteiger charge is -2.15. The maximum Gasteiger partial charge on any atom is 0.253 e. The van der Waals surface area contributed by atoms with Gasteiger partial charge in [0.15, 0.2) is 0 Å². The predicted molar refractivity (Wildman–Crippen MR) is 65.1 cm³/mol. The molecular weight excluding hydrogens is 208 g/mol. The van der Waals surface area contributed by atoms with Crippen LogP contribution in [0.3, 0.4) is 0 Å². The maximum atomic E-state index is 11.8. The van der Waals surface area contributed by atoms with Crippen LogP contribution in [0.4, 0.5) is 0 Å². The van der Waals surface area contributed by atoms with E-state index in [-0.39, 0.29) is 5.91 Å². The summed E-state index contributed by atoms with van der Waals surface area (Å²) in [6.45, 7) is 1.15. The minimum Gasteiger partial charge on any atom is -0.341 e. The Morgan fingerprint density at radius 3 is 2.47 bits per heavy atom. The van der Waals surface area contributed by atoms with E-state index in [2.05, 4.69) is 12.6 Å². The smallest absolute Gasteiger partial charge is 0.253 e. The Bertz CT molecular complexity index is 324. The first-order valence-electron chi connectivity index (χ1n) is 4.84. The molecule has 0 fully saturated rings. The van der Waals surface area contributed by atoms with Crippen molar-refractivity contribution in [3.63, 3.8) is 0 Å². The standard InChI is InChI=1S/C11H16N2OS/c1-13(6-7-15)11(14)10-4-2-9(8-12)3-5-10/h2-5,15H,6-8,12H2,1H3. The molecule has 1 amide bonds. The molecule has 0 saturated heterocycles. The third-order valence-electron chi connectivity index (χ3n) is 2.22. The Labute approximate surface area is 95.7 Å². The van der Waals surface area contributed by atoms with Crippen LogP contribution >= 0.6 is 12.6 Å². The molecule has 0 atom stereocenters. The van der Waals surface area contributed by atoms with Gasteiger partial charge in [-0.2, -0.15) is 12.6 Å². The van der Waals surface area contributed by atoms with E-state index in [0.717, 1.165) is 5.56 Å². The first kappa shape index (κ1) is 12.1. The van der Waals surface area contributed by atoms with Crippen molar-refractivity contribution in [1.29, 1.82) is 0 Å². The lowest BCUT2D eigenvalue weighted by Crippen LogP contribution is -2.28. The Morgan fingerprint density at radius 1 is 1.40 bits per heavy atom. The van der Waals surface area contributed by atoms with Gasteiger partial charge in [-0.15, -0.1) is 0 Å². The van der Waals surface area contributed by atoms with Crippen molar-refractivity contribution >= 4 is 18.5 Å². The maximum absolute atomic E-state index is 11.8. The Hall–Kier alpha value is -1.00. The van der Waals surface area contributed by atoms with E-state index in [9.17, 15) is 4.79 Å². The number of amides is 1. The lowest BCUT2D eigenvalue weighted by atomic mass is 10.1. The summed E-state index contributed by atoms with van der Waals surface area (Å²) in [6.07, 6.45) is 0. The number of hydrogen-bond acceptors (Lipinski definition) is 3. The molecule has 0 aliphatic heterocycles. The molecule has 0 aliphatic rings. The van der Waals surface area contributed by atoms with Crippen LogP contribution in [0.15, 0.2) is 24.3 Å². The highest BCUT2D eigenvalue weighted by atomic mass is 32.1. The van der Waals surface area contributed by atoms with Gasteiger partial charge < -0.3 is 10.6 Å². The van der Waals surface area contributed by atoms with E-state index < -0.39 is 0 Å². The normalized spacial score (nSPS) is 10.1. The molecule has 0 saturated carbocycles. The molecule has 0 radical (unpaired) electrons. The fraction of sp³-hybridized carbons (Fsp3) is 0.364. The molecule has 1 rings (SSSR count). The van der Waals surface area contributed by atoms with Gasteiger partial charge in [-0.25, -0.2) is 0 Å². The SMILES string of the molecule is CN(CCS)C(=O)c1ccc(CN)cc1. The van der Waals surface area contributed by atoms with Crippen molar-refractivity contribution < 1.29 is 4.79 Å². The molecule has 2 N–H and O–H groups in total. The zero-order valence-electron chi connectivity index (χ0n) is 8.81. The van der Waals surface area contributed by atoms with Crippen LogP contribution in [0.2, 0.25) is 0 Å². The zero-order chi connectivity index (χ0) is 11.3. The van der Waals surface area contributed by atoms with E-state index in [1.165, 1.54) is 0 Å². The molecule has 0 aliphatic carbocycles. The van der Waals surface area contributed by atoms with Crippen LogP contribution in [0, 0.1) is 0 Å². The van der Waals surface area contributed by atoms with Gasteiger partial charge in [-0.3, -0.25) is 4.79 Å². The second-order valence-electron chi connectivity index (χ2n) is 3.35. The molecule has 3 nitrogen and oxygen atoms in total. The van der Waals surface area contributed by atoms with Crippen molar-refractivity contribution in [3.05, 3.63) is 35.4 Å². The summed E-state index contributed by atoms with van der Waals surface area (Å²) in [5.41, 5.74) is 7.20. The monoisotopic (exact) mass is 224 g/mol. The number of carbonyl (C=O) groups is 1. The number of carbonyl (C=O) groups excluding carboxylic acids is 1. The molecule has 0 bridgehead atoms. The van der Waals surface area contributed by atoms with Crippen molar-refractivity contribution in [2.24, 2.45) is 5.73 Å². The summed E-state index contributed by atoms with van der Waals surface area (Å²) in [6, 6.07) is 7.36. The number of thiol groups is 1. The summed E-state index contributed by atoms with van der Waals surface area (Å²) in [5.74, 6) is 0.691. The van der Waals surface area contributed by atoms with E-state index in [0.29, 0.717) is 24.4 Å². The summed E-state index contributed by atoms with van der Waals surface area (Å²) in [7, 11) is 1.77. The molecule has 4 heteroatoms. The van der Waals surface area contributed by atoms with Crippen molar-refractivity contribution in [3.8, 4) is 0 Å². The van der Waals surface area contributed by atoms with Crippen LogP contribution in [0.5, 0.6) is 0 Å². The number of hydrogen-bond donors (Lipinski definition) is 2. The highest BCUT2D eigenvalue weighted by molar-refractivity contribution is 7.80. The van der Waals surface area contributed by atoms with Gasteiger partial charge in [-0.05, 0) is 17.7 Å².